The van der Waals surface area contributed by atoms with Crippen LogP contribution in [0.2, 0.25) is 0 Å². The molecule has 0 aliphatic carbocycles. The van der Waals surface area contributed by atoms with Crippen LogP contribution in [0.25, 0.3) is 0 Å². The lowest BCUT2D eigenvalue weighted by atomic mass is 9.84. The van der Waals surface area contributed by atoms with Gasteiger partial charge in [-0.15, -0.1) is 0 Å². The Balaban J connectivity index is 3.11. The summed E-state index contributed by atoms with van der Waals surface area (Å²) in [6, 6.07) is -1.31. The van der Waals surface area contributed by atoms with E-state index in [-0.39, 0.29) is 35.4 Å². The predicted octanol–water partition coefficient (Wildman–Crippen LogP) is 2.91. The molecule has 1 aliphatic heterocycles. The molecule has 30 heavy (non-hydrogen) atoms. The number of nitrogens with zero attached hydrogens (tertiary/aromatic N) is 2. The van der Waals surface area contributed by atoms with Gasteiger partial charge in [0.15, 0.2) is 0 Å². The van der Waals surface area contributed by atoms with Gasteiger partial charge in [0.2, 0.25) is 11.8 Å². The van der Waals surface area contributed by atoms with Gasteiger partial charge in [-0.1, -0.05) is 53.5 Å². The third kappa shape index (κ3) is 7.11. The quantitative estimate of drug-likeness (QED) is 0.615. The highest BCUT2D eigenvalue weighted by atomic mass is 16.4. The average molecular weight is 424 g/mol. The molecule has 7 nitrogen and oxygen atoms in total. The van der Waals surface area contributed by atoms with E-state index >= 15 is 0 Å². The number of carbonyl (C=O) groups excluding carboxylic acids is 2. The zero-order valence-corrected chi connectivity index (χ0v) is 20.0. The lowest BCUT2D eigenvalue weighted by molar-refractivity contribution is -0.141. The van der Waals surface area contributed by atoms with Gasteiger partial charge >= 0.3 is 5.97 Å². The molecule has 1 heterocycles. The fourth-order valence-electron chi connectivity index (χ4n) is 3.90. The number of amides is 2. The monoisotopic (exact) mass is 423 g/mol. The van der Waals surface area contributed by atoms with E-state index < -0.39 is 17.4 Å². The number of carbonyl (C=O) groups is 3. The average Bonchev–Trinajstić information content (AvgIpc) is 2.85. The molecule has 0 radical (unpaired) electrons. The van der Waals surface area contributed by atoms with Crippen molar-refractivity contribution in [1.29, 1.82) is 0 Å². The van der Waals surface area contributed by atoms with Crippen molar-refractivity contribution in [3.63, 3.8) is 0 Å². The second-order valence-corrected chi connectivity index (χ2v) is 9.99. The number of likely N-dealkylation sites (tertiary alicyclic amines) is 1. The lowest BCUT2D eigenvalue weighted by Crippen LogP contribution is -2.59. The highest BCUT2D eigenvalue weighted by molar-refractivity contribution is 5.91. The topological polar surface area (TPSA) is 90.0 Å². The first kappa shape index (κ1) is 26.1. The van der Waals surface area contributed by atoms with Crippen molar-refractivity contribution in [3.05, 3.63) is 11.6 Å². The molecule has 2 amide bonds. The summed E-state index contributed by atoms with van der Waals surface area (Å²) in [6.45, 7) is 12.1. The van der Waals surface area contributed by atoms with Crippen LogP contribution in [0.15, 0.2) is 11.6 Å². The van der Waals surface area contributed by atoms with Crippen molar-refractivity contribution >= 4 is 17.8 Å². The molecule has 2 N–H and O–H groups in total. The van der Waals surface area contributed by atoms with Crippen LogP contribution in [0.5, 0.6) is 0 Å². The molecule has 172 valence electrons. The fraction of sp³-hybridized carbons (Fsp3) is 0.783. The molecular weight excluding hydrogens is 382 g/mol. The highest BCUT2D eigenvalue weighted by Crippen LogP contribution is 2.25. The van der Waals surface area contributed by atoms with Crippen LogP contribution < -0.4 is 5.32 Å². The number of aliphatic carboxylic acids is 1. The van der Waals surface area contributed by atoms with Gasteiger partial charge < -0.3 is 15.3 Å². The van der Waals surface area contributed by atoms with E-state index in [9.17, 15) is 19.5 Å². The SMILES string of the molecule is CC(=CC(C(C)C)N(C)C(=O)[C@@H](NC(=O)C1CCCCCN1C)C(C)(C)C)C(=O)O. The Kier molecular flexibility index (Phi) is 9.53. The van der Waals surface area contributed by atoms with Crippen molar-refractivity contribution < 1.29 is 19.5 Å². The molecule has 0 bridgehead atoms. The normalized spacial score (nSPS) is 21.0. The van der Waals surface area contributed by atoms with Gasteiger partial charge in [0.25, 0.3) is 0 Å². The van der Waals surface area contributed by atoms with Crippen molar-refractivity contribution in [3.8, 4) is 0 Å². The number of nitrogens with one attached hydrogen (secondary N) is 1. The Bertz CT molecular complexity index is 651. The second kappa shape index (κ2) is 10.9. The third-order valence-electron chi connectivity index (χ3n) is 5.96. The van der Waals surface area contributed by atoms with Crippen molar-refractivity contribution in [2.75, 3.05) is 20.6 Å². The third-order valence-corrected chi connectivity index (χ3v) is 5.96. The summed E-state index contributed by atoms with van der Waals surface area (Å²) in [7, 11) is 3.64. The van der Waals surface area contributed by atoms with Gasteiger partial charge in [0.1, 0.15) is 6.04 Å². The number of carboxylic acid groups (broad SMARTS) is 1. The van der Waals surface area contributed by atoms with Crippen LogP contribution in [-0.2, 0) is 14.4 Å². The van der Waals surface area contributed by atoms with E-state index in [0.29, 0.717) is 0 Å². The van der Waals surface area contributed by atoms with Crippen LogP contribution in [0.4, 0.5) is 0 Å². The van der Waals surface area contributed by atoms with Gasteiger partial charge in [-0.3, -0.25) is 14.5 Å². The molecule has 1 fully saturated rings. The number of carboxylic acids is 1. The highest BCUT2D eigenvalue weighted by Gasteiger charge is 2.38. The van der Waals surface area contributed by atoms with Crippen LogP contribution in [0.3, 0.4) is 0 Å². The number of likely N-dealkylation sites (N-methyl/N-ethyl adjacent to an activating group) is 2. The Hall–Kier alpha value is -1.89. The maximum Gasteiger partial charge on any atom is 0.331 e. The molecular formula is C23H41N3O4. The summed E-state index contributed by atoms with van der Waals surface area (Å²) in [5.41, 5.74) is -0.290. The summed E-state index contributed by atoms with van der Waals surface area (Å²) in [4.78, 5) is 41.5. The Morgan fingerprint density at radius 1 is 1.17 bits per heavy atom. The minimum atomic E-state index is -1.00. The molecule has 3 atom stereocenters. The van der Waals surface area contributed by atoms with E-state index in [0.717, 1.165) is 32.2 Å². The van der Waals surface area contributed by atoms with Crippen LogP contribution in [0.1, 0.15) is 67.2 Å². The van der Waals surface area contributed by atoms with E-state index in [1.165, 1.54) is 6.92 Å². The smallest absolute Gasteiger partial charge is 0.331 e. The molecule has 0 aromatic rings. The van der Waals surface area contributed by atoms with Gasteiger partial charge in [-0.2, -0.15) is 0 Å². The maximum atomic E-state index is 13.5. The second-order valence-electron chi connectivity index (χ2n) is 9.99. The standard InChI is InChI=1S/C23H41N3O4/c1-15(2)18(14-16(3)22(29)30)26(8)21(28)19(23(4,5)6)24-20(27)17-12-10-9-11-13-25(17)7/h14-15,17-19H,9-13H2,1-8H3,(H,24,27)(H,29,30)/t17?,18?,19-/m1/s1. The molecule has 1 aliphatic rings. The summed E-state index contributed by atoms with van der Waals surface area (Å²) in [5, 5.41) is 12.3. The van der Waals surface area contributed by atoms with Crippen LogP contribution in [0, 0.1) is 11.3 Å². The zero-order valence-electron chi connectivity index (χ0n) is 20.0. The number of hydrogen-bond acceptors (Lipinski definition) is 4. The van der Waals surface area contributed by atoms with Crippen molar-refractivity contribution in [2.24, 2.45) is 11.3 Å². The first-order valence-electron chi connectivity index (χ1n) is 11.0. The van der Waals surface area contributed by atoms with E-state index in [1.54, 1.807) is 18.0 Å². The number of rotatable bonds is 7. The van der Waals surface area contributed by atoms with E-state index in [1.807, 2.05) is 41.7 Å². The summed E-state index contributed by atoms with van der Waals surface area (Å²) < 4.78 is 0. The largest absolute Gasteiger partial charge is 0.478 e. The van der Waals surface area contributed by atoms with E-state index in [4.69, 9.17) is 0 Å². The lowest BCUT2D eigenvalue weighted by Gasteiger charge is -2.38. The van der Waals surface area contributed by atoms with E-state index in [2.05, 4.69) is 10.2 Å². The van der Waals surface area contributed by atoms with Gasteiger partial charge in [0.05, 0.1) is 12.1 Å². The van der Waals surface area contributed by atoms with Gasteiger partial charge in [0, 0.05) is 12.6 Å². The number of hydrogen-bond donors (Lipinski definition) is 2. The zero-order chi connectivity index (χ0) is 23.2. The minimum Gasteiger partial charge on any atom is -0.478 e. The molecule has 1 rings (SSSR count). The first-order valence-corrected chi connectivity index (χ1v) is 11.0. The molecule has 0 saturated carbocycles. The molecule has 2 unspecified atom stereocenters. The Labute approximate surface area is 181 Å². The van der Waals surface area contributed by atoms with Crippen molar-refractivity contribution in [1.82, 2.24) is 15.1 Å². The fourth-order valence-corrected chi connectivity index (χ4v) is 3.90. The minimum absolute atomic E-state index is 0.0255. The van der Waals surface area contributed by atoms with Crippen LogP contribution in [-0.4, -0.2) is 71.5 Å². The molecule has 0 spiro atoms. The molecule has 7 heteroatoms. The molecule has 0 aromatic carbocycles. The molecule has 0 aromatic heterocycles. The summed E-state index contributed by atoms with van der Waals surface area (Å²) in [5.74, 6) is -1.30. The molecule has 1 saturated heterocycles. The maximum absolute atomic E-state index is 13.5. The first-order chi connectivity index (χ1) is 13.8. The Morgan fingerprint density at radius 2 is 1.77 bits per heavy atom. The Morgan fingerprint density at radius 3 is 2.27 bits per heavy atom. The van der Waals surface area contributed by atoms with Crippen molar-refractivity contribution in [2.45, 2.75) is 85.4 Å². The predicted molar refractivity (Wildman–Crippen MR) is 119 cm³/mol. The van der Waals surface area contributed by atoms with Crippen LogP contribution >= 0.6 is 0 Å². The van der Waals surface area contributed by atoms with Gasteiger partial charge in [-0.05, 0) is 44.7 Å². The van der Waals surface area contributed by atoms with Gasteiger partial charge in [-0.25, -0.2) is 4.79 Å². The summed E-state index contributed by atoms with van der Waals surface area (Å²) >= 11 is 0. The summed E-state index contributed by atoms with van der Waals surface area (Å²) in [6.07, 6.45) is 5.61.